The first-order valence-electron chi connectivity index (χ1n) is 11.8. The maximum atomic E-state index is 15.1. The molecule has 2 aliphatic heterocycles. The van der Waals surface area contributed by atoms with Crippen LogP contribution in [0.2, 0.25) is 0 Å². The van der Waals surface area contributed by atoms with Crippen molar-refractivity contribution in [2.45, 2.75) is 99.3 Å². The van der Waals surface area contributed by atoms with Gasteiger partial charge in [-0.1, -0.05) is 67.2 Å². The third-order valence-corrected chi connectivity index (χ3v) is 14.8. The van der Waals surface area contributed by atoms with E-state index >= 15 is 4.39 Å². The highest BCUT2D eigenvalue weighted by atomic mass is 31.1. The summed E-state index contributed by atoms with van der Waals surface area (Å²) in [6.45, 7) is 2.46. The Morgan fingerprint density at radius 1 is 0.931 bits per heavy atom. The van der Waals surface area contributed by atoms with E-state index in [-0.39, 0.29) is 26.9 Å². The minimum absolute atomic E-state index is 0.0206. The van der Waals surface area contributed by atoms with Gasteiger partial charge in [-0.15, -0.1) is 0 Å². The Labute approximate surface area is 177 Å². The number of hydrogen-bond donors (Lipinski definition) is 0. The highest BCUT2D eigenvalue weighted by molar-refractivity contribution is 7.69. The molecular weight excluding hydrogens is 402 g/mol. The summed E-state index contributed by atoms with van der Waals surface area (Å²) >= 11 is 0. The summed E-state index contributed by atoms with van der Waals surface area (Å²) < 4.78 is 28.8. The molecule has 2 saturated heterocycles. The first kappa shape index (κ1) is 20.6. The molecule has 1 nitrogen and oxygen atoms in total. The second kappa shape index (κ2) is 8.35. The molecule has 160 valence electrons. The van der Waals surface area contributed by atoms with Crippen molar-refractivity contribution in [3.8, 4) is 0 Å². The SMILES string of the molecule is CP1C2CCCCCCC21N(CP1C2CCCCCCC21)c1ccc(F)cc1F. The summed E-state index contributed by atoms with van der Waals surface area (Å²) in [4.78, 5) is 2.53. The number of nitrogens with zero attached hydrogens (tertiary/aromatic N) is 1. The van der Waals surface area contributed by atoms with E-state index in [4.69, 9.17) is 0 Å². The van der Waals surface area contributed by atoms with E-state index in [0.717, 1.165) is 29.3 Å². The molecule has 1 aromatic rings. The number of hydrogen-bond acceptors (Lipinski definition) is 1. The molecule has 0 radical (unpaired) electrons. The van der Waals surface area contributed by atoms with Crippen molar-refractivity contribution in [3.63, 3.8) is 0 Å². The Balaban J connectivity index is 1.45. The maximum Gasteiger partial charge on any atom is 0.149 e. The van der Waals surface area contributed by atoms with Gasteiger partial charge in [-0.05, 0) is 55.8 Å². The smallest absolute Gasteiger partial charge is 0.149 e. The van der Waals surface area contributed by atoms with Crippen LogP contribution in [0.15, 0.2) is 18.2 Å². The number of anilines is 1. The summed E-state index contributed by atoms with van der Waals surface area (Å²) in [5.74, 6) is -0.795. The molecule has 2 heterocycles. The van der Waals surface area contributed by atoms with Crippen LogP contribution < -0.4 is 4.90 Å². The second-order valence-corrected chi connectivity index (χ2v) is 15.0. The molecule has 5 rings (SSSR count). The predicted molar refractivity (Wildman–Crippen MR) is 123 cm³/mol. The molecule has 2 saturated carbocycles. The fraction of sp³-hybridized carbons (Fsp3) is 0.750. The third kappa shape index (κ3) is 3.78. The highest BCUT2D eigenvalue weighted by Gasteiger charge is 2.65. The first-order valence-corrected chi connectivity index (χ1v) is 15.4. The van der Waals surface area contributed by atoms with Gasteiger partial charge in [0.2, 0.25) is 0 Å². The molecule has 1 aromatic carbocycles. The lowest BCUT2D eigenvalue weighted by Gasteiger charge is -2.37. The van der Waals surface area contributed by atoms with E-state index in [9.17, 15) is 4.39 Å². The van der Waals surface area contributed by atoms with E-state index < -0.39 is 5.82 Å². The topological polar surface area (TPSA) is 3.24 Å². The number of fused-ring (bicyclic) bond motifs is 2. The van der Waals surface area contributed by atoms with Crippen molar-refractivity contribution in [3.05, 3.63) is 29.8 Å². The number of halogens is 2. The minimum atomic E-state index is -0.453. The molecule has 0 amide bonds. The lowest BCUT2D eigenvalue weighted by Crippen LogP contribution is -2.41. The Morgan fingerprint density at radius 3 is 2.28 bits per heavy atom. The van der Waals surface area contributed by atoms with Gasteiger partial charge in [0, 0.05) is 18.0 Å². The molecule has 2 aliphatic carbocycles. The van der Waals surface area contributed by atoms with Crippen molar-refractivity contribution < 1.29 is 8.78 Å². The van der Waals surface area contributed by atoms with Crippen molar-refractivity contribution in [1.82, 2.24) is 0 Å². The van der Waals surface area contributed by atoms with E-state index in [0.29, 0.717) is 5.69 Å². The van der Waals surface area contributed by atoms with E-state index in [1.54, 1.807) is 6.07 Å². The summed E-state index contributed by atoms with van der Waals surface area (Å²) in [5, 5.41) is 0.189. The van der Waals surface area contributed by atoms with Crippen LogP contribution in [-0.4, -0.2) is 35.2 Å². The number of rotatable bonds is 4. The van der Waals surface area contributed by atoms with Crippen LogP contribution in [0, 0.1) is 11.6 Å². The predicted octanol–water partition coefficient (Wildman–Crippen LogP) is 7.86. The van der Waals surface area contributed by atoms with Crippen LogP contribution in [0.25, 0.3) is 0 Å². The van der Waals surface area contributed by atoms with Gasteiger partial charge in [0.05, 0.1) is 11.0 Å². The van der Waals surface area contributed by atoms with Crippen LogP contribution >= 0.6 is 15.8 Å². The zero-order valence-electron chi connectivity index (χ0n) is 17.8. The molecule has 5 unspecified atom stereocenters. The summed E-state index contributed by atoms with van der Waals surface area (Å²) in [6, 6.07) is 4.34. The van der Waals surface area contributed by atoms with Gasteiger partial charge < -0.3 is 4.90 Å². The zero-order chi connectivity index (χ0) is 20.0. The quantitative estimate of drug-likeness (QED) is 0.433. The molecule has 5 atom stereocenters. The summed E-state index contributed by atoms with van der Waals surface area (Å²) in [6.07, 6.45) is 17.2. The van der Waals surface area contributed by atoms with Crippen molar-refractivity contribution in [2.24, 2.45) is 0 Å². The van der Waals surface area contributed by atoms with E-state index in [2.05, 4.69) is 11.6 Å². The molecule has 4 fully saturated rings. The van der Waals surface area contributed by atoms with Crippen LogP contribution in [0.1, 0.15) is 77.0 Å². The van der Waals surface area contributed by atoms with Gasteiger partial charge in [-0.3, -0.25) is 0 Å². The molecule has 29 heavy (non-hydrogen) atoms. The molecular formula is C24H35F2NP2. The molecule has 0 bridgehead atoms. The lowest BCUT2D eigenvalue weighted by atomic mass is 9.95. The van der Waals surface area contributed by atoms with Crippen LogP contribution in [0.3, 0.4) is 0 Å². The fourth-order valence-electron chi connectivity index (χ4n) is 6.53. The third-order valence-electron chi connectivity index (χ3n) is 8.25. The fourth-order valence-corrected chi connectivity index (χ4v) is 13.6. The average molecular weight is 437 g/mol. The van der Waals surface area contributed by atoms with Gasteiger partial charge in [0.25, 0.3) is 0 Å². The molecule has 0 N–H and O–H groups in total. The minimum Gasteiger partial charge on any atom is -0.355 e. The van der Waals surface area contributed by atoms with Crippen LogP contribution in [0.5, 0.6) is 0 Å². The van der Waals surface area contributed by atoms with Gasteiger partial charge >= 0.3 is 0 Å². The van der Waals surface area contributed by atoms with Gasteiger partial charge in [0.15, 0.2) is 0 Å². The lowest BCUT2D eigenvalue weighted by molar-refractivity contribution is 0.458. The molecule has 0 spiro atoms. The van der Waals surface area contributed by atoms with Gasteiger partial charge in [-0.2, -0.15) is 0 Å². The Morgan fingerprint density at radius 2 is 1.59 bits per heavy atom. The van der Waals surface area contributed by atoms with Crippen molar-refractivity contribution >= 4 is 21.5 Å². The largest absolute Gasteiger partial charge is 0.355 e. The average Bonchev–Trinajstić information content (AvgIpc) is 3.46. The molecule has 4 aliphatic rings. The van der Waals surface area contributed by atoms with Gasteiger partial charge in [-0.25, -0.2) is 8.78 Å². The van der Waals surface area contributed by atoms with Crippen molar-refractivity contribution in [1.29, 1.82) is 0 Å². The Kier molecular flexibility index (Phi) is 5.94. The molecule has 5 heteroatoms. The monoisotopic (exact) mass is 437 g/mol. The maximum absolute atomic E-state index is 15.1. The second-order valence-electron chi connectivity index (χ2n) is 9.76. The molecule has 0 aromatic heterocycles. The Bertz CT molecular complexity index is 730. The standard InChI is InChI=1S/C24H35F2NP2/c1-28-23-12-8-4-5-9-15-24(23,28)27(20-14-13-18(25)16-19(20)26)17-29-21-10-6-2-3-7-11-22(21)29/h13-14,16,21-23H,2-12,15,17H2,1H3. The normalized spacial score (nSPS) is 39.2. The van der Waals surface area contributed by atoms with Crippen LogP contribution in [0.4, 0.5) is 14.5 Å². The number of benzene rings is 1. The first-order chi connectivity index (χ1) is 14.1. The zero-order valence-corrected chi connectivity index (χ0v) is 19.5. The van der Waals surface area contributed by atoms with Crippen LogP contribution in [-0.2, 0) is 0 Å². The van der Waals surface area contributed by atoms with Gasteiger partial charge in [0.1, 0.15) is 11.6 Å². The highest BCUT2D eigenvalue weighted by Crippen LogP contribution is 2.80. The van der Waals surface area contributed by atoms with E-state index in [1.165, 1.54) is 83.1 Å². The van der Waals surface area contributed by atoms with E-state index in [1.807, 2.05) is 0 Å². The summed E-state index contributed by atoms with van der Waals surface area (Å²) in [5.41, 5.74) is 3.29. The van der Waals surface area contributed by atoms with Crippen molar-refractivity contribution in [2.75, 3.05) is 17.9 Å². The summed E-state index contributed by atoms with van der Waals surface area (Å²) in [7, 11) is -0.116. The Hall–Kier alpha value is -0.260.